The van der Waals surface area contributed by atoms with E-state index in [0.29, 0.717) is 29.3 Å². The predicted molar refractivity (Wildman–Crippen MR) is 85.8 cm³/mol. The van der Waals surface area contributed by atoms with Gasteiger partial charge in [0.25, 0.3) is 5.91 Å². The lowest BCUT2D eigenvalue weighted by Gasteiger charge is -2.12. The summed E-state index contributed by atoms with van der Waals surface area (Å²) in [4.78, 5) is 12.4. The molecule has 110 valence electrons. The molecule has 21 heavy (non-hydrogen) atoms. The van der Waals surface area contributed by atoms with Crippen molar-refractivity contribution in [2.45, 2.75) is 20.3 Å². The highest BCUT2D eigenvalue weighted by Crippen LogP contribution is 2.22. The van der Waals surface area contributed by atoms with E-state index >= 15 is 0 Å². The Morgan fingerprint density at radius 3 is 2.76 bits per heavy atom. The number of carbonyl (C=O) groups is 1. The Hall–Kier alpha value is -2.49. The monoisotopic (exact) mass is 284 g/mol. The Balaban J connectivity index is 2.23. The fourth-order valence-electron chi connectivity index (χ4n) is 1.97. The number of carbonyl (C=O) groups excluding carboxylic acids is 1. The lowest BCUT2D eigenvalue weighted by Crippen LogP contribution is -2.14. The van der Waals surface area contributed by atoms with Crippen molar-refractivity contribution in [3.63, 3.8) is 0 Å². The molecule has 0 aromatic heterocycles. The van der Waals surface area contributed by atoms with Gasteiger partial charge in [-0.2, -0.15) is 0 Å². The number of anilines is 2. The second kappa shape index (κ2) is 6.79. The van der Waals surface area contributed by atoms with Crippen molar-refractivity contribution in [1.82, 2.24) is 0 Å². The summed E-state index contributed by atoms with van der Waals surface area (Å²) in [5.41, 5.74) is 8.54. The van der Waals surface area contributed by atoms with Crippen molar-refractivity contribution in [3.8, 4) is 5.75 Å². The quantitative estimate of drug-likeness (QED) is 0.824. The average Bonchev–Trinajstić information content (AvgIpc) is 2.46. The fourth-order valence-corrected chi connectivity index (χ4v) is 1.97. The zero-order valence-electron chi connectivity index (χ0n) is 12.3. The van der Waals surface area contributed by atoms with E-state index in [1.165, 1.54) is 0 Å². The molecule has 0 saturated heterocycles. The van der Waals surface area contributed by atoms with E-state index in [9.17, 15) is 4.79 Å². The molecule has 2 rings (SSSR count). The van der Waals surface area contributed by atoms with Crippen molar-refractivity contribution < 1.29 is 9.53 Å². The third kappa shape index (κ3) is 3.99. The molecule has 1 amide bonds. The molecular formula is C17H20N2O2. The van der Waals surface area contributed by atoms with Crippen molar-refractivity contribution >= 4 is 17.3 Å². The molecule has 4 nitrogen and oxygen atoms in total. The molecule has 2 aromatic carbocycles. The van der Waals surface area contributed by atoms with Crippen LogP contribution in [0.1, 0.15) is 29.3 Å². The van der Waals surface area contributed by atoms with Gasteiger partial charge in [0.05, 0.1) is 12.2 Å². The minimum Gasteiger partial charge on any atom is -0.493 e. The number of ether oxygens (including phenoxy) is 1. The standard InChI is InChI=1S/C17H20N2O2/c1-3-9-21-16-8-7-12(2)10-15(16)17(20)19-14-6-4-5-13(18)11-14/h4-8,10-11H,3,9,18H2,1-2H3,(H,19,20). The van der Waals surface area contributed by atoms with E-state index in [1.54, 1.807) is 24.3 Å². The number of aryl methyl sites for hydroxylation is 1. The fraction of sp³-hybridized carbons (Fsp3) is 0.235. The van der Waals surface area contributed by atoms with Gasteiger partial charge >= 0.3 is 0 Å². The molecule has 2 aromatic rings. The van der Waals surface area contributed by atoms with Crippen LogP contribution in [0.2, 0.25) is 0 Å². The van der Waals surface area contributed by atoms with Crippen molar-refractivity contribution in [1.29, 1.82) is 0 Å². The minimum atomic E-state index is -0.199. The van der Waals surface area contributed by atoms with Gasteiger partial charge in [-0.25, -0.2) is 0 Å². The first-order valence-corrected chi connectivity index (χ1v) is 7.00. The number of benzene rings is 2. The lowest BCUT2D eigenvalue weighted by molar-refractivity contribution is 0.102. The van der Waals surface area contributed by atoms with Gasteiger partial charge < -0.3 is 15.8 Å². The summed E-state index contributed by atoms with van der Waals surface area (Å²) in [7, 11) is 0. The number of rotatable bonds is 5. The van der Waals surface area contributed by atoms with Gasteiger partial charge in [0.1, 0.15) is 5.75 Å². The van der Waals surface area contributed by atoms with Gasteiger partial charge in [0.2, 0.25) is 0 Å². The van der Waals surface area contributed by atoms with Crippen LogP contribution in [-0.4, -0.2) is 12.5 Å². The second-order valence-electron chi connectivity index (χ2n) is 4.93. The highest BCUT2D eigenvalue weighted by atomic mass is 16.5. The van der Waals surface area contributed by atoms with Crippen LogP contribution in [0.3, 0.4) is 0 Å². The number of nitrogens with two attached hydrogens (primary N) is 1. The number of nitrogens with one attached hydrogen (secondary N) is 1. The second-order valence-corrected chi connectivity index (χ2v) is 4.93. The van der Waals surface area contributed by atoms with Gasteiger partial charge in [-0.3, -0.25) is 4.79 Å². The Bertz CT molecular complexity index is 638. The number of hydrogen-bond acceptors (Lipinski definition) is 3. The van der Waals surface area contributed by atoms with Crippen LogP contribution < -0.4 is 15.8 Å². The molecule has 0 fully saturated rings. The molecule has 0 aliphatic heterocycles. The Labute approximate surface area is 124 Å². The Morgan fingerprint density at radius 2 is 2.05 bits per heavy atom. The van der Waals surface area contributed by atoms with Gasteiger partial charge in [-0.05, 0) is 43.7 Å². The van der Waals surface area contributed by atoms with Crippen molar-refractivity contribution in [3.05, 3.63) is 53.6 Å². The highest BCUT2D eigenvalue weighted by molar-refractivity contribution is 6.06. The summed E-state index contributed by atoms with van der Waals surface area (Å²) in [6.07, 6.45) is 0.893. The molecule has 0 heterocycles. The molecule has 0 saturated carbocycles. The zero-order valence-corrected chi connectivity index (χ0v) is 12.3. The third-order valence-electron chi connectivity index (χ3n) is 2.99. The van der Waals surface area contributed by atoms with E-state index in [2.05, 4.69) is 5.32 Å². The van der Waals surface area contributed by atoms with E-state index in [1.807, 2.05) is 32.0 Å². The first kappa shape index (κ1) is 14.9. The summed E-state index contributed by atoms with van der Waals surface area (Å²) in [5, 5.41) is 2.84. The number of nitrogen functional groups attached to an aromatic ring is 1. The number of amides is 1. The molecule has 0 atom stereocenters. The van der Waals surface area contributed by atoms with Gasteiger partial charge in [-0.15, -0.1) is 0 Å². The lowest BCUT2D eigenvalue weighted by atomic mass is 10.1. The number of hydrogen-bond donors (Lipinski definition) is 2. The normalized spacial score (nSPS) is 10.2. The van der Waals surface area contributed by atoms with Gasteiger partial charge in [0, 0.05) is 11.4 Å². The summed E-state index contributed by atoms with van der Waals surface area (Å²) in [5.74, 6) is 0.402. The Kier molecular flexibility index (Phi) is 4.82. The van der Waals surface area contributed by atoms with E-state index < -0.39 is 0 Å². The van der Waals surface area contributed by atoms with Crippen LogP contribution in [-0.2, 0) is 0 Å². The molecule has 0 spiro atoms. The van der Waals surface area contributed by atoms with Crippen molar-refractivity contribution in [2.75, 3.05) is 17.7 Å². The van der Waals surface area contributed by atoms with Crippen LogP contribution in [0, 0.1) is 6.92 Å². The maximum absolute atomic E-state index is 12.4. The van der Waals surface area contributed by atoms with E-state index in [4.69, 9.17) is 10.5 Å². The Morgan fingerprint density at radius 1 is 1.24 bits per heavy atom. The highest BCUT2D eigenvalue weighted by Gasteiger charge is 2.13. The average molecular weight is 284 g/mol. The molecule has 3 N–H and O–H groups in total. The zero-order chi connectivity index (χ0) is 15.2. The van der Waals surface area contributed by atoms with Crippen LogP contribution in [0.25, 0.3) is 0 Å². The molecule has 0 radical (unpaired) electrons. The van der Waals surface area contributed by atoms with Crippen molar-refractivity contribution in [2.24, 2.45) is 0 Å². The summed E-state index contributed by atoms with van der Waals surface area (Å²) in [6.45, 7) is 4.56. The van der Waals surface area contributed by atoms with Gasteiger partial charge in [0.15, 0.2) is 0 Å². The molecular weight excluding hydrogens is 264 g/mol. The molecule has 0 unspecified atom stereocenters. The maximum Gasteiger partial charge on any atom is 0.259 e. The summed E-state index contributed by atoms with van der Waals surface area (Å²) < 4.78 is 5.64. The maximum atomic E-state index is 12.4. The first-order chi connectivity index (χ1) is 10.1. The van der Waals surface area contributed by atoms with Crippen LogP contribution >= 0.6 is 0 Å². The minimum absolute atomic E-state index is 0.199. The topological polar surface area (TPSA) is 64.3 Å². The molecule has 0 aliphatic rings. The summed E-state index contributed by atoms with van der Waals surface area (Å²) in [6, 6.07) is 12.7. The van der Waals surface area contributed by atoms with Crippen LogP contribution in [0.5, 0.6) is 5.75 Å². The van der Waals surface area contributed by atoms with E-state index in [-0.39, 0.29) is 5.91 Å². The first-order valence-electron chi connectivity index (χ1n) is 7.00. The third-order valence-corrected chi connectivity index (χ3v) is 2.99. The summed E-state index contributed by atoms with van der Waals surface area (Å²) >= 11 is 0. The van der Waals surface area contributed by atoms with Gasteiger partial charge in [-0.1, -0.05) is 24.6 Å². The molecule has 0 aliphatic carbocycles. The predicted octanol–water partition coefficient (Wildman–Crippen LogP) is 3.62. The van der Waals surface area contributed by atoms with Crippen LogP contribution in [0.4, 0.5) is 11.4 Å². The molecule has 4 heteroatoms. The van der Waals surface area contributed by atoms with E-state index in [0.717, 1.165) is 12.0 Å². The molecule has 0 bridgehead atoms. The largest absolute Gasteiger partial charge is 0.493 e. The van der Waals surface area contributed by atoms with Crippen LogP contribution in [0.15, 0.2) is 42.5 Å². The smallest absolute Gasteiger partial charge is 0.259 e. The SMILES string of the molecule is CCCOc1ccc(C)cc1C(=O)Nc1cccc(N)c1.